The molecule has 2 rings (SSSR count). The van der Waals surface area contributed by atoms with Crippen molar-refractivity contribution < 1.29 is 8.42 Å². The number of sulfonamides is 1. The fourth-order valence-corrected chi connectivity index (χ4v) is 3.00. The maximum absolute atomic E-state index is 12.2. The van der Waals surface area contributed by atoms with Gasteiger partial charge in [0.05, 0.1) is 12.4 Å². The van der Waals surface area contributed by atoms with E-state index >= 15 is 0 Å². The van der Waals surface area contributed by atoms with Crippen LogP contribution in [0.5, 0.6) is 0 Å². The highest BCUT2D eigenvalue weighted by molar-refractivity contribution is 7.89. The SMILES string of the molecule is CC(Cc1ccccc1)NS(=O)(=O)c1cnc(NN)nc1. The molecule has 1 aromatic carbocycles. The molecule has 1 aromatic heterocycles. The van der Waals surface area contributed by atoms with Crippen LogP contribution in [0.25, 0.3) is 0 Å². The van der Waals surface area contributed by atoms with Crippen LogP contribution in [0.3, 0.4) is 0 Å². The van der Waals surface area contributed by atoms with Crippen molar-refractivity contribution in [1.82, 2.24) is 14.7 Å². The van der Waals surface area contributed by atoms with Gasteiger partial charge in [-0.15, -0.1) is 0 Å². The molecule has 7 nitrogen and oxygen atoms in total. The second kappa shape index (κ2) is 6.61. The fraction of sp³-hybridized carbons (Fsp3) is 0.231. The maximum atomic E-state index is 12.2. The number of nitrogens with zero attached hydrogens (tertiary/aromatic N) is 2. The van der Waals surface area contributed by atoms with E-state index in [1.165, 1.54) is 12.4 Å². The zero-order chi connectivity index (χ0) is 15.3. The number of benzene rings is 1. The monoisotopic (exact) mass is 307 g/mol. The molecule has 0 amide bonds. The van der Waals surface area contributed by atoms with Crippen molar-refractivity contribution in [3.05, 3.63) is 48.3 Å². The van der Waals surface area contributed by atoms with Gasteiger partial charge in [-0.2, -0.15) is 0 Å². The van der Waals surface area contributed by atoms with E-state index in [0.717, 1.165) is 5.56 Å². The van der Waals surface area contributed by atoms with Gasteiger partial charge in [0.25, 0.3) is 0 Å². The average molecular weight is 307 g/mol. The highest BCUT2D eigenvalue weighted by Crippen LogP contribution is 2.10. The summed E-state index contributed by atoms with van der Waals surface area (Å²) in [4.78, 5) is 7.58. The van der Waals surface area contributed by atoms with Gasteiger partial charge in [-0.1, -0.05) is 30.3 Å². The molecule has 0 saturated heterocycles. The van der Waals surface area contributed by atoms with Gasteiger partial charge in [0.2, 0.25) is 16.0 Å². The van der Waals surface area contributed by atoms with Crippen LogP contribution in [0.4, 0.5) is 5.95 Å². The summed E-state index contributed by atoms with van der Waals surface area (Å²) in [5, 5.41) is 0. The molecule has 0 aliphatic heterocycles. The Kier molecular flexibility index (Phi) is 4.84. The molecule has 1 heterocycles. The van der Waals surface area contributed by atoms with Crippen LogP contribution in [0.2, 0.25) is 0 Å². The Balaban J connectivity index is 2.05. The highest BCUT2D eigenvalue weighted by atomic mass is 32.2. The molecule has 0 radical (unpaired) electrons. The lowest BCUT2D eigenvalue weighted by atomic mass is 10.1. The summed E-state index contributed by atoms with van der Waals surface area (Å²) in [5.74, 6) is 5.29. The smallest absolute Gasteiger partial charge is 0.243 e. The third-order valence-corrected chi connectivity index (χ3v) is 4.35. The Morgan fingerprint density at radius 1 is 1.19 bits per heavy atom. The average Bonchev–Trinajstić information content (AvgIpc) is 2.47. The Hall–Kier alpha value is -2.03. The lowest BCUT2D eigenvalue weighted by molar-refractivity contribution is 0.559. The second-order valence-corrected chi connectivity index (χ2v) is 6.31. The number of anilines is 1. The number of aromatic nitrogens is 2. The van der Waals surface area contributed by atoms with Crippen molar-refractivity contribution in [2.45, 2.75) is 24.3 Å². The summed E-state index contributed by atoms with van der Waals surface area (Å²) in [6.07, 6.45) is 3.02. The number of rotatable bonds is 6. The maximum Gasteiger partial charge on any atom is 0.243 e. The van der Waals surface area contributed by atoms with Gasteiger partial charge in [-0.3, -0.25) is 5.43 Å². The van der Waals surface area contributed by atoms with E-state index in [-0.39, 0.29) is 16.9 Å². The predicted molar refractivity (Wildman–Crippen MR) is 79.8 cm³/mol. The molecule has 21 heavy (non-hydrogen) atoms. The Labute approximate surface area is 123 Å². The first-order valence-electron chi connectivity index (χ1n) is 6.36. The number of nitrogens with two attached hydrogens (primary N) is 1. The summed E-state index contributed by atoms with van der Waals surface area (Å²) >= 11 is 0. The predicted octanol–water partition coefficient (Wildman–Crippen LogP) is 0.672. The third-order valence-electron chi connectivity index (χ3n) is 2.81. The minimum absolute atomic E-state index is 0.00131. The van der Waals surface area contributed by atoms with E-state index in [0.29, 0.717) is 6.42 Å². The van der Waals surface area contributed by atoms with Gasteiger partial charge in [-0.05, 0) is 18.9 Å². The molecule has 1 unspecified atom stereocenters. The molecule has 0 fully saturated rings. The molecule has 0 bridgehead atoms. The molecule has 1 atom stereocenters. The molecule has 8 heteroatoms. The lowest BCUT2D eigenvalue weighted by Crippen LogP contribution is -2.34. The second-order valence-electron chi connectivity index (χ2n) is 4.60. The topological polar surface area (TPSA) is 110 Å². The third kappa shape index (κ3) is 4.22. The molecular weight excluding hydrogens is 290 g/mol. The summed E-state index contributed by atoms with van der Waals surface area (Å²) in [7, 11) is -3.65. The van der Waals surface area contributed by atoms with Gasteiger partial charge in [0, 0.05) is 6.04 Å². The summed E-state index contributed by atoms with van der Waals surface area (Å²) in [6, 6.07) is 9.42. The molecule has 4 N–H and O–H groups in total. The molecule has 0 saturated carbocycles. The standard InChI is InChI=1S/C13H17N5O2S/c1-10(7-11-5-3-2-4-6-11)18-21(19,20)12-8-15-13(17-14)16-9-12/h2-6,8-10,18H,7,14H2,1H3,(H,15,16,17). The van der Waals surface area contributed by atoms with Crippen LogP contribution in [-0.4, -0.2) is 24.4 Å². The van der Waals surface area contributed by atoms with Crippen LogP contribution in [-0.2, 0) is 16.4 Å². The number of hydrazine groups is 1. The van der Waals surface area contributed by atoms with E-state index < -0.39 is 10.0 Å². The fourth-order valence-electron chi connectivity index (χ4n) is 1.87. The molecule has 112 valence electrons. The van der Waals surface area contributed by atoms with Crippen molar-refractivity contribution in [2.75, 3.05) is 5.43 Å². The lowest BCUT2D eigenvalue weighted by Gasteiger charge is -2.14. The number of nitrogen functional groups attached to an aromatic ring is 1. The largest absolute Gasteiger partial charge is 0.292 e. The van der Waals surface area contributed by atoms with Gasteiger partial charge in [0.1, 0.15) is 4.90 Å². The van der Waals surface area contributed by atoms with Crippen LogP contribution >= 0.6 is 0 Å². The highest BCUT2D eigenvalue weighted by Gasteiger charge is 2.18. The van der Waals surface area contributed by atoms with Crippen molar-refractivity contribution in [2.24, 2.45) is 5.84 Å². The molecule has 0 aliphatic rings. The zero-order valence-corrected chi connectivity index (χ0v) is 12.3. The summed E-state index contributed by atoms with van der Waals surface area (Å²) in [5.41, 5.74) is 3.30. The zero-order valence-electron chi connectivity index (χ0n) is 11.5. The Bertz CT molecular complexity index is 673. The van der Waals surface area contributed by atoms with Gasteiger partial charge in [0.15, 0.2) is 0 Å². The van der Waals surface area contributed by atoms with E-state index in [1.807, 2.05) is 30.3 Å². The molecular formula is C13H17N5O2S. The number of hydrogen-bond donors (Lipinski definition) is 3. The number of hydrogen-bond acceptors (Lipinski definition) is 6. The summed E-state index contributed by atoms with van der Waals surface area (Å²) in [6.45, 7) is 1.81. The first kappa shape index (κ1) is 15.4. The quantitative estimate of drug-likeness (QED) is 0.534. The van der Waals surface area contributed by atoms with Crippen LogP contribution in [0.1, 0.15) is 12.5 Å². The molecule has 2 aromatic rings. The Morgan fingerprint density at radius 2 is 1.81 bits per heavy atom. The van der Waals surface area contributed by atoms with Gasteiger partial charge in [-0.25, -0.2) is 29.0 Å². The van der Waals surface area contributed by atoms with Gasteiger partial charge >= 0.3 is 0 Å². The van der Waals surface area contributed by atoms with Crippen LogP contribution in [0, 0.1) is 0 Å². The van der Waals surface area contributed by atoms with Crippen LogP contribution < -0.4 is 16.0 Å². The molecule has 0 aliphatic carbocycles. The Morgan fingerprint density at radius 3 is 2.38 bits per heavy atom. The van der Waals surface area contributed by atoms with Crippen molar-refractivity contribution in [3.8, 4) is 0 Å². The first-order valence-corrected chi connectivity index (χ1v) is 7.84. The van der Waals surface area contributed by atoms with E-state index in [1.54, 1.807) is 6.92 Å². The summed E-state index contributed by atoms with van der Waals surface area (Å²) < 4.78 is 27.0. The van der Waals surface area contributed by atoms with E-state index in [2.05, 4.69) is 20.1 Å². The van der Waals surface area contributed by atoms with Crippen molar-refractivity contribution in [3.63, 3.8) is 0 Å². The minimum atomic E-state index is -3.65. The van der Waals surface area contributed by atoms with Crippen molar-refractivity contribution >= 4 is 16.0 Å². The van der Waals surface area contributed by atoms with Crippen molar-refractivity contribution in [1.29, 1.82) is 0 Å². The van der Waals surface area contributed by atoms with E-state index in [9.17, 15) is 8.42 Å². The number of nitrogens with one attached hydrogen (secondary N) is 2. The first-order chi connectivity index (χ1) is 10.0. The van der Waals surface area contributed by atoms with Gasteiger partial charge < -0.3 is 0 Å². The van der Waals surface area contributed by atoms with Crippen LogP contribution in [0.15, 0.2) is 47.6 Å². The normalized spacial score (nSPS) is 12.9. The van der Waals surface area contributed by atoms with E-state index in [4.69, 9.17) is 5.84 Å². The minimum Gasteiger partial charge on any atom is -0.292 e. The molecule has 0 spiro atoms.